The third kappa shape index (κ3) is 6.21. The number of hydrogen-bond acceptors (Lipinski definition) is 9. The first-order valence-electron chi connectivity index (χ1n) is 15.8. The summed E-state index contributed by atoms with van der Waals surface area (Å²) in [7, 11) is 1.61. The van der Waals surface area contributed by atoms with Gasteiger partial charge in [0.1, 0.15) is 29.9 Å². The summed E-state index contributed by atoms with van der Waals surface area (Å²) in [5.74, 6) is 0.0891. The highest BCUT2D eigenvalue weighted by atomic mass is 16.5. The molecule has 0 spiro atoms. The summed E-state index contributed by atoms with van der Waals surface area (Å²) in [4.78, 5) is 51.5. The van der Waals surface area contributed by atoms with E-state index >= 15 is 0 Å². The molecule has 3 fully saturated rings. The molecule has 1 amide bonds. The Balaban J connectivity index is 1.34. The molecule has 1 aromatic carbocycles. The summed E-state index contributed by atoms with van der Waals surface area (Å²) < 4.78 is 23.5. The predicted molar refractivity (Wildman–Crippen MR) is 158 cm³/mol. The fraction of sp³-hybridized carbons (Fsp3) is 0.667. The number of aromatic nitrogens is 2. The summed E-state index contributed by atoms with van der Waals surface area (Å²) in [5.41, 5.74) is 1.77. The standard InChI is InChI=1S/C33H43N3O7/c1-20-27(19-37)36-18-29(20)43-31-25(34-24-10-9-22(40-3)16-26(24)35-31)8-6-4-5-7-21-15-28(21)42-30(38)17-23(32(36)39)33(2)11-13-41-14-12-33/h9-10,16,19-21,23,27-29H,4-8,11-15,17-18H2,1-3H3/t20-,21+,23+,27+,28+,29-/m0/s1. The second-order valence-electron chi connectivity index (χ2n) is 13.1. The molecule has 4 aliphatic rings. The molecule has 0 N–H and O–H groups in total. The number of aldehydes is 1. The predicted octanol–water partition coefficient (Wildman–Crippen LogP) is 4.30. The molecule has 2 bridgehead atoms. The van der Waals surface area contributed by atoms with Gasteiger partial charge in [0.05, 0.1) is 43.1 Å². The van der Waals surface area contributed by atoms with Gasteiger partial charge in [-0.15, -0.1) is 0 Å². The van der Waals surface area contributed by atoms with Crippen LogP contribution in [0.2, 0.25) is 0 Å². The zero-order valence-electron chi connectivity index (χ0n) is 25.5. The van der Waals surface area contributed by atoms with E-state index in [4.69, 9.17) is 28.9 Å². The number of amides is 1. The lowest BCUT2D eigenvalue weighted by Crippen LogP contribution is -2.49. The summed E-state index contributed by atoms with van der Waals surface area (Å²) in [6.07, 6.45) is 7.23. The number of fused-ring (bicyclic) bond motifs is 5. The van der Waals surface area contributed by atoms with Gasteiger partial charge in [0.2, 0.25) is 11.8 Å². The number of rotatable bonds is 3. The van der Waals surface area contributed by atoms with Gasteiger partial charge in [0, 0.05) is 25.2 Å². The van der Waals surface area contributed by atoms with E-state index in [1.54, 1.807) is 12.0 Å². The van der Waals surface area contributed by atoms with Crippen molar-refractivity contribution in [1.29, 1.82) is 0 Å². The van der Waals surface area contributed by atoms with E-state index in [1.165, 1.54) is 0 Å². The van der Waals surface area contributed by atoms with Crippen molar-refractivity contribution in [2.45, 2.75) is 89.9 Å². The number of ether oxygens (including phenoxy) is 4. The molecule has 4 heterocycles. The van der Waals surface area contributed by atoms with Gasteiger partial charge in [-0.2, -0.15) is 0 Å². The lowest BCUT2D eigenvalue weighted by atomic mass is 9.69. The number of carbonyl (C=O) groups excluding carboxylic acids is 3. The average Bonchev–Trinajstić information content (AvgIpc) is 3.66. The molecular weight excluding hydrogens is 550 g/mol. The quantitative estimate of drug-likeness (QED) is 0.379. The summed E-state index contributed by atoms with van der Waals surface area (Å²) >= 11 is 0. The van der Waals surface area contributed by atoms with E-state index in [9.17, 15) is 14.4 Å². The van der Waals surface area contributed by atoms with Crippen LogP contribution in [0.4, 0.5) is 0 Å². The lowest BCUT2D eigenvalue weighted by Gasteiger charge is -2.41. The van der Waals surface area contributed by atoms with Crippen LogP contribution in [0.5, 0.6) is 11.6 Å². The number of benzene rings is 1. The van der Waals surface area contributed by atoms with Gasteiger partial charge >= 0.3 is 5.97 Å². The molecule has 2 saturated heterocycles. The van der Waals surface area contributed by atoms with E-state index in [0.29, 0.717) is 55.5 Å². The topological polar surface area (TPSA) is 117 Å². The first kappa shape index (κ1) is 29.8. The SMILES string of the molecule is COc1ccc2nc3c(nc2c1)O[C@H]1CN(C(=O)[C@H](C2(C)CCOCC2)CC(=O)O[C@@H]2C[C@H]2CCCCC3)[C@H](C=O)[C@@H]1C. The van der Waals surface area contributed by atoms with Crippen molar-refractivity contribution >= 4 is 29.2 Å². The molecule has 1 aromatic heterocycles. The van der Waals surface area contributed by atoms with Gasteiger partial charge in [-0.25, -0.2) is 9.97 Å². The van der Waals surface area contributed by atoms with Crippen LogP contribution in [0.25, 0.3) is 11.0 Å². The highest BCUT2D eigenvalue weighted by molar-refractivity contribution is 5.87. The number of aryl methyl sites for hydroxylation is 1. The maximum absolute atomic E-state index is 14.4. The third-order valence-electron chi connectivity index (χ3n) is 10.2. The van der Waals surface area contributed by atoms with E-state index in [-0.39, 0.29) is 36.9 Å². The molecule has 1 saturated carbocycles. The fourth-order valence-corrected chi connectivity index (χ4v) is 7.09. The number of methoxy groups -OCH3 is 1. The van der Waals surface area contributed by atoms with Crippen molar-refractivity contribution in [3.05, 3.63) is 23.9 Å². The highest BCUT2D eigenvalue weighted by Crippen LogP contribution is 2.44. The maximum Gasteiger partial charge on any atom is 0.306 e. The molecule has 10 nitrogen and oxygen atoms in total. The Kier molecular flexibility index (Phi) is 8.58. The Bertz CT molecular complexity index is 1360. The minimum atomic E-state index is -0.675. The smallest absolute Gasteiger partial charge is 0.306 e. The Hall–Kier alpha value is -3.27. The summed E-state index contributed by atoms with van der Waals surface area (Å²) in [6, 6.07) is 4.94. The molecule has 0 radical (unpaired) electrons. The zero-order chi connectivity index (χ0) is 30.1. The number of hydrogen-bond donors (Lipinski definition) is 0. The Labute approximate surface area is 252 Å². The minimum absolute atomic E-state index is 0.00265. The Morgan fingerprint density at radius 3 is 2.63 bits per heavy atom. The van der Waals surface area contributed by atoms with E-state index in [2.05, 4.69) is 6.92 Å². The van der Waals surface area contributed by atoms with Crippen molar-refractivity contribution in [2.24, 2.45) is 23.2 Å². The van der Waals surface area contributed by atoms with Crippen molar-refractivity contribution in [1.82, 2.24) is 14.9 Å². The molecule has 232 valence electrons. The molecule has 43 heavy (non-hydrogen) atoms. The van der Waals surface area contributed by atoms with Gasteiger partial charge in [-0.05, 0) is 62.0 Å². The van der Waals surface area contributed by atoms with Gasteiger partial charge in [0.15, 0.2) is 0 Å². The normalized spacial score (nSPS) is 31.6. The molecule has 1 aliphatic carbocycles. The summed E-state index contributed by atoms with van der Waals surface area (Å²) in [5, 5.41) is 0. The molecule has 2 aromatic rings. The van der Waals surface area contributed by atoms with Crippen LogP contribution in [0, 0.1) is 23.2 Å². The van der Waals surface area contributed by atoms with E-state index < -0.39 is 23.5 Å². The molecule has 6 atom stereocenters. The molecule has 10 heteroatoms. The third-order valence-corrected chi connectivity index (χ3v) is 10.2. The fourth-order valence-electron chi connectivity index (χ4n) is 7.09. The van der Waals surface area contributed by atoms with Crippen molar-refractivity contribution in [2.75, 3.05) is 26.9 Å². The Morgan fingerprint density at radius 1 is 1.05 bits per heavy atom. The molecule has 3 aliphatic heterocycles. The number of carbonyl (C=O) groups is 3. The monoisotopic (exact) mass is 593 g/mol. The molecule has 0 unspecified atom stereocenters. The van der Waals surface area contributed by atoms with Gasteiger partial charge in [-0.3, -0.25) is 9.59 Å². The maximum atomic E-state index is 14.4. The van der Waals surface area contributed by atoms with Gasteiger partial charge in [0.25, 0.3) is 0 Å². The van der Waals surface area contributed by atoms with Crippen molar-refractivity contribution in [3.63, 3.8) is 0 Å². The largest absolute Gasteiger partial charge is 0.497 e. The van der Waals surface area contributed by atoms with E-state index in [1.807, 2.05) is 25.1 Å². The lowest BCUT2D eigenvalue weighted by molar-refractivity contribution is -0.156. The molecule has 6 rings (SSSR count). The minimum Gasteiger partial charge on any atom is -0.497 e. The van der Waals surface area contributed by atoms with Crippen LogP contribution in [0.1, 0.15) is 70.9 Å². The van der Waals surface area contributed by atoms with Crippen molar-refractivity contribution < 1.29 is 33.3 Å². The number of nitrogens with zero attached hydrogens (tertiary/aromatic N) is 3. The number of esters is 1. The second kappa shape index (κ2) is 12.4. The van der Waals surface area contributed by atoms with Crippen LogP contribution in [-0.2, 0) is 30.3 Å². The van der Waals surface area contributed by atoms with Crippen LogP contribution >= 0.6 is 0 Å². The van der Waals surface area contributed by atoms with Crippen LogP contribution < -0.4 is 9.47 Å². The van der Waals surface area contributed by atoms with Crippen LogP contribution in [-0.4, -0.2) is 78.1 Å². The van der Waals surface area contributed by atoms with Crippen molar-refractivity contribution in [3.8, 4) is 11.6 Å². The van der Waals surface area contributed by atoms with Gasteiger partial charge < -0.3 is 28.6 Å². The van der Waals surface area contributed by atoms with Crippen LogP contribution in [0.3, 0.4) is 0 Å². The Morgan fingerprint density at radius 2 is 1.86 bits per heavy atom. The molecular formula is C33H43N3O7. The first-order chi connectivity index (χ1) is 20.8. The highest BCUT2D eigenvalue weighted by Gasteiger charge is 2.50. The first-order valence-corrected chi connectivity index (χ1v) is 15.8. The van der Waals surface area contributed by atoms with E-state index in [0.717, 1.165) is 49.6 Å². The summed E-state index contributed by atoms with van der Waals surface area (Å²) in [6.45, 7) is 5.29. The van der Waals surface area contributed by atoms with Gasteiger partial charge in [-0.1, -0.05) is 26.7 Å². The second-order valence-corrected chi connectivity index (χ2v) is 13.1. The van der Waals surface area contributed by atoms with Crippen LogP contribution in [0.15, 0.2) is 18.2 Å². The average molecular weight is 594 g/mol. The zero-order valence-corrected chi connectivity index (χ0v) is 25.5.